The summed E-state index contributed by atoms with van der Waals surface area (Å²) in [5.74, 6) is 0.194. The molecule has 0 unspecified atom stereocenters. The van der Waals surface area contributed by atoms with E-state index in [1.54, 1.807) is 0 Å². The summed E-state index contributed by atoms with van der Waals surface area (Å²) < 4.78 is 6.13. The van der Waals surface area contributed by atoms with E-state index < -0.39 is 5.97 Å². The van der Waals surface area contributed by atoms with Crippen molar-refractivity contribution in [3.63, 3.8) is 0 Å². The number of nitrogens with zero attached hydrogens (tertiary/aromatic N) is 2. The molecule has 6 heteroatoms. The van der Waals surface area contributed by atoms with Crippen molar-refractivity contribution in [2.75, 3.05) is 11.5 Å². The molecule has 1 aliphatic carbocycles. The van der Waals surface area contributed by atoms with Crippen molar-refractivity contribution in [1.29, 1.82) is 0 Å². The number of aromatic amines is 1. The number of ether oxygens (including phenoxy) is 1. The Balaban J connectivity index is 1.44. The molecule has 174 valence electrons. The predicted octanol–water partition coefficient (Wildman–Crippen LogP) is 6.05. The van der Waals surface area contributed by atoms with E-state index in [0.29, 0.717) is 19.1 Å². The van der Waals surface area contributed by atoms with Crippen molar-refractivity contribution in [1.82, 2.24) is 10.2 Å². The SMILES string of the molecule is O=C(O)CCCCCOc1ccccc1CN(c1ccc(-c2cn[nH]c2)cc1)C1CCCC1. The van der Waals surface area contributed by atoms with Crippen LogP contribution in [0, 0.1) is 0 Å². The van der Waals surface area contributed by atoms with Crippen LogP contribution in [0.2, 0.25) is 0 Å². The van der Waals surface area contributed by atoms with Gasteiger partial charge in [0.2, 0.25) is 0 Å². The summed E-state index contributed by atoms with van der Waals surface area (Å²) in [6.07, 6.45) is 11.4. The van der Waals surface area contributed by atoms with Crippen molar-refractivity contribution in [2.45, 2.75) is 64.0 Å². The van der Waals surface area contributed by atoms with Gasteiger partial charge < -0.3 is 14.7 Å². The van der Waals surface area contributed by atoms with Crippen LogP contribution in [0.5, 0.6) is 5.75 Å². The number of carboxylic acid groups (broad SMARTS) is 1. The molecule has 6 nitrogen and oxygen atoms in total. The van der Waals surface area contributed by atoms with E-state index in [2.05, 4.69) is 51.5 Å². The predicted molar refractivity (Wildman–Crippen MR) is 131 cm³/mol. The molecular weight excluding hydrogens is 414 g/mol. The smallest absolute Gasteiger partial charge is 0.303 e. The largest absolute Gasteiger partial charge is 0.493 e. The summed E-state index contributed by atoms with van der Waals surface area (Å²) in [5.41, 5.74) is 4.67. The number of para-hydroxylation sites is 1. The number of aliphatic carboxylic acids is 1. The Hall–Kier alpha value is -3.28. The second-order valence-electron chi connectivity index (χ2n) is 8.76. The van der Waals surface area contributed by atoms with Crippen molar-refractivity contribution < 1.29 is 14.6 Å². The maximum atomic E-state index is 10.7. The molecule has 2 aromatic carbocycles. The van der Waals surface area contributed by atoms with Gasteiger partial charge in [-0.25, -0.2) is 0 Å². The van der Waals surface area contributed by atoms with Gasteiger partial charge in [0.05, 0.1) is 12.8 Å². The summed E-state index contributed by atoms with van der Waals surface area (Å²) in [6, 6.07) is 17.6. The molecule has 0 amide bonds. The van der Waals surface area contributed by atoms with Gasteiger partial charge in [-0.1, -0.05) is 43.2 Å². The van der Waals surface area contributed by atoms with Crippen LogP contribution in [0.4, 0.5) is 5.69 Å². The van der Waals surface area contributed by atoms with Crippen molar-refractivity contribution in [3.05, 3.63) is 66.5 Å². The number of anilines is 1. The van der Waals surface area contributed by atoms with Crippen LogP contribution >= 0.6 is 0 Å². The van der Waals surface area contributed by atoms with Gasteiger partial charge in [-0.2, -0.15) is 5.10 Å². The minimum absolute atomic E-state index is 0.228. The first-order valence-electron chi connectivity index (χ1n) is 12.0. The molecule has 1 aromatic heterocycles. The monoisotopic (exact) mass is 447 g/mol. The number of unbranched alkanes of at least 4 members (excludes halogenated alkanes) is 2. The average molecular weight is 448 g/mol. The van der Waals surface area contributed by atoms with E-state index in [-0.39, 0.29) is 6.42 Å². The third kappa shape index (κ3) is 6.37. The highest BCUT2D eigenvalue weighted by Crippen LogP contribution is 2.33. The highest BCUT2D eigenvalue weighted by molar-refractivity contribution is 5.66. The first-order chi connectivity index (χ1) is 16.2. The van der Waals surface area contributed by atoms with Crippen LogP contribution < -0.4 is 9.64 Å². The third-order valence-corrected chi connectivity index (χ3v) is 6.40. The molecule has 4 rings (SSSR count). The molecule has 1 heterocycles. The highest BCUT2D eigenvalue weighted by atomic mass is 16.5. The minimum Gasteiger partial charge on any atom is -0.493 e. The number of carboxylic acids is 1. The molecule has 2 N–H and O–H groups in total. The maximum absolute atomic E-state index is 10.7. The Morgan fingerprint density at radius 2 is 1.82 bits per heavy atom. The van der Waals surface area contributed by atoms with E-state index in [1.165, 1.54) is 36.9 Å². The zero-order valence-corrected chi connectivity index (χ0v) is 19.1. The van der Waals surface area contributed by atoms with Crippen LogP contribution in [-0.2, 0) is 11.3 Å². The van der Waals surface area contributed by atoms with Gasteiger partial charge in [-0.3, -0.25) is 9.89 Å². The van der Waals surface area contributed by atoms with Crippen LogP contribution in [0.25, 0.3) is 11.1 Å². The van der Waals surface area contributed by atoms with Gasteiger partial charge >= 0.3 is 5.97 Å². The van der Waals surface area contributed by atoms with E-state index in [1.807, 2.05) is 24.5 Å². The molecule has 0 saturated heterocycles. The second kappa shape index (κ2) is 11.5. The summed E-state index contributed by atoms with van der Waals surface area (Å²) in [4.78, 5) is 13.2. The average Bonchev–Trinajstić information content (AvgIpc) is 3.55. The van der Waals surface area contributed by atoms with Gasteiger partial charge in [0.15, 0.2) is 0 Å². The number of rotatable bonds is 12. The van der Waals surface area contributed by atoms with E-state index in [4.69, 9.17) is 9.84 Å². The molecule has 1 fully saturated rings. The Morgan fingerprint density at radius 3 is 2.55 bits per heavy atom. The summed E-state index contributed by atoms with van der Waals surface area (Å²) in [6.45, 7) is 1.42. The van der Waals surface area contributed by atoms with Crippen molar-refractivity contribution >= 4 is 11.7 Å². The normalized spacial score (nSPS) is 13.8. The fourth-order valence-corrected chi connectivity index (χ4v) is 4.60. The van der Waals surface area contributed by atoms with Crippen LogP contribution in [0.3, 0.4) is 0 Å². The maximum Gasteiger partial charge on any atom is 0.303 e. The molecular formula is C27H33N3O3. The number of H-pyrrole nitrogens is 1. The van der Waals surface area contributed by atoms with E-state index >= 15 is 0 Å². The molecule has 0 bridgehead atoms. The Bertz CT molecular complexity index is 996. The number of carbonyl (C=O) groups is 1. The number of benzene rings is 2. The topological polar surface area (TPSA) is 78.5 Å². The van der Waals surface area contributed by atoms with Gasteiger partial charge in [0.25, 0.3) is 0 Å². The summed E-state index contributed by atoms with van der Waals surface area (Å²) in [7, 11) is 0. The molecule has 1 saturated carbocycles. The lowest BCUT2D eigenvalue weighted by atomic mass is 10.1. The fraction of sp³-hybridized carbons (Fsp3) is 0.407. The first kappa shape index (κ1) is 22.9. The molecule has 0 radical (unpaired) electrons. The summed E-state index contributed by atoms with van der Waals surface area (Å²) in [5, 5.41) is 15.7. The standard InChI is InChI=1S/C27H33N3O3/c31-27(32)12-2-1-7-17-33-26-11-6-3-8-22(26)20-30(24-9-4-5-10-24)25-15-13-21(14-16-25)23-18-28-29-19-23/h3,6,8,11,13-16,18-19,24H,1-2,4-5,7,9-10,12,17,20H2,(H,28,29)(H,31,32). The lowest BCUT2D eigenvalue weighted by Crippen LogP contribution is -2.32. The van der Waals surface area contributed by atoms with Crippen LogP contribution in [-0.4, -0.2) is 33.9 Å². The van der Waals surface area contributed by atoms with Gasteiger partial charge in [0.1, 0.15) is 5.75 Å². The van der Waals surface area contributed by atoms with Crippen LogP contribution in [0.1, 0.15) is 56.9 Å². The molecule has 0 spiro atoms. The lowest BCUT2D eigenvalue weighted by Gasteiger charge is -2.32. The molecule has 3 aromatic rings. The molecule has 0 atom stereocenters. The van der Waals surface area contributed by atoms with Crippen molar-refractivity contribution in [3.8, 4) is 16.9 Å². The molecule has 1 aliphatic rings. The van der Waals surface area contributed by atoms with E-state index in [9.17, 15) is 4.79 Å². The Kier molecular flexibility index (Phi) is 8.01. The zero-order chi connectivity index (χ0) is 22.9. The Morgan fingerprint density at radius 1 is 1.03 bits per heavy atom. The highest BCUT2D eigenvalue weighted by Gasteiger charge is 2.24. The first-order valence-corrected chi connectivity index (χ1v) is 12.0. The zero-order valence-electron chi connectivity index (χ0n) is 19.1. The van der Waals surface area contributed by atoms with Crippen molar-refractivity contribution in [2.24, 2.45) is 0 Å². The van der Waals surface area contributed by atoms with Crippen LogP contribution in [0.15, 0.2) is 60.9 Å². The van der Waals surface area contributed by atoms with E-state index in [0.717, 1.165) is 36.3 Å². The number of nitrogens with one attached hydrogen (secondary N) is 1. The fourth-order valence-electron chi connectivity index (χ4n) is 4.60. The number of hydrogen-bond acceptors (Lipinski definition) is 4. The second-order valence-corrected chi connectivity index (χ2v) is 8.76. The lowest BCUT2D eigenvalue weighted by molar-refractivity contribution is -0.137. The quantitative estimate of drug-likeness (QED) is 0.331. The number of aromatic nitrogens is 2. The van der Waals surface area contributed by atoms with Gasteiger partial charge in [-0.05, 0) is 55.9 Å². The third-order valence-electron chi connectivity index (χ3n) is 6.40. The molecule has 33 heavy (non-hydrogen) atoms. The summed E-state index contributed by atoms with van der Waals surface area (Å²) >= 11 is 0. The Labute approximate surface area is 195 Å². The number of hydrogen-bond donors (Lipinski definition) is 2. The van der Waals surface area contributed by atoms with Gasteiger partial charge in [0, 0.05) is 42.0 Å². The minimum atomic E-state index is -0.730. The molecule has 0 aliphatic heterocycles. The van der Waals surface area contributed by atoms with Gasteiger partial charge in [-0.15, -0.1) is 0 Å².